The summed E-state index contributed by atoms with van der Waals surface area (Å²) in [7, 11) is -3.00. The number of sulfone groups is 1. The van der Waals surface area contributed by atoms with E-state index in [0.717, 1.165) is 13.0 Å². The fourth-order valence-corrected chi connectivity index (χ4v) is 1.56. The molecule has 0 aromatic rings. The molecule has 84 valence electrons. The lowest BCUT2D eigenvalue weighted by Gasteiger charge is -2.24. The highest BCUT2D eigenvalue weighted by molar-refractivity contribution is 7.92. The molecule has 14 heavy (non-hydrogen) atoms. The van der Waals surface area contributed by atoms with Crippen LogP contribution in [0.5, 0.6) is 0 Å². The maximum atomic E-state index is 11.4. The van der Waals surface area contributed by atoms with Gasteiger partial charge in [-0.25, -0.2) is 8.42 Å². The van der Waals surface area contributed by atoms with Gasteiger partial charge in [0, 0.05) is 25.4 Å². The molecule has 5 heteroatoms. The first-order chi connectivity index (χ1) is 6.33. The first-order valence-corrected chi connectivity index (χ1v) is 6.73. The van der Waals surface area contributed by atoms with Crippen LogP contribution < -0.4 is 5.32 Å². The van der Waals surface area contributed by atoms with Crippen molar-refractivity contribution in [2.75, 3.05) is 26.0 Å². The molecule has 1 aliphatic rings. The van der Waals surface area contributed by atoms with E-state index in [4.69, 9.17) is 4.74 Å². The Morgan fingerprint density at radius 3 is 2.57 bits per heavy atom. The molecule has 0 radical (unpaired) electrons. The summed E-state index contributed by atoms with van der Waals surface area (Å²) < 4.78 is 27.3. The third kappa shape index (κ3) is 2.93. The second kappa shape index (κ2) is 4.16. The molecule has 1 unspecified atom stereocenters. The van der Waals surface area contributed by atoms with E-state index in [-0.39, 0.29) is 0 Å². The summed E-state index contributed by atoms with van der Waals surface area (Å²) >= 11 is 0. The summed E-state index contributed by atoms with van der Waals surface area (Å²) in [5.41, 5.74) is 0. The summed E-state index contributed by atoms with van der Waals surface area (Å²) in [4.78, 5) is 0. The van der Waals surface area contributed by atoms with Gasteiger partial charge in [-0.05, 0) is 20.3 Å². The Morgan fingerprint density at radius 2 is 2.14 bits per heavy atom. The number of hydrogen-bond acceptors (Lipinski definition) is 4. The normalized spacial score (nSPS) is 24.1. The van der Waals surface area contributed by atoms with E-state index in [1.807, 2.05) is 0 Å². The van der Waals surface area contributed by atoms with Crippen LogP contribution in [0.4, 0.5) is 0 Å². The minimum absolute atomic E-state index is 0.316. The van der Waals surface area contributed by atoms with Crippen LogP contribution in [0, 0.1) is 0 Å². The van der Waals surface area contributed by atoms with Gasteiger partial charge in [0.2, 0.25) is 0 Å². The molecule has 1 rings (SSSR count). The number of nitrogens with one attached hydrogen (secondary N) is 1. The number of ether oxygens (including phenoxy) is 1. The highest BCUT2D eigenvalue weighted by Crippen LogP contribution is 2.14. The minimum atomic E-state index is -3.00. The van der Waals surface area contributed by atoms with Crippen molar-refractivity contribution in [3.63, 3.8) is 0 Å². The van der Waals surface area contributed by atoms with Gasteiger partial charge in [0.25, 0.3) is 0 Å². The zero-order valence-electron chi connectivity index (χ0n) is 9.04. The van der Waals surface area contributed by atoms with Gasteiger partial charge in [-0.2, -0.15) is 0 Å². The van der Waals surface area contributed by atoms with Gasteiger partial charge in [0.1, 0.15) is 0 Å². The molecule has 0 spiro atoms. The Bertz CT molecular complexity index is 278. The Kier molecular flexibility index (Phi) is 3.55. The fraction of sp³-hybridized carbons (Fsp3) is 1.00. The van der Waals surface area contributed by atoms with E-state index in [0.29, 0.717) is 19.2 Å². The average molecular weight is 221 g/mol. The molecule has 0 aromatic heterocycles. The second-order valence-electron chi connectivity index (χ2n) is 4.47. The monoisotopic (exact) mass is 221 g/mol. The van der Waals surface area contributed by atoms with Gasteiger partial charge < -0.3 is 10.1 Å². The Balaban J connectivity index is 2.43. The lowest BCUT2D eigenvalue weighted by atomic mass is 10.2. The predicted octanol–water partition coefficient (Wildman–Crippen LogP) is 0.188. The number of hydrogen-bond donors (Lipinski definition) is 1. The van der Waals surface area contributed by atoms with Crippen LogP contribution in [0.1, 0.15) is 20.3 Å². The maximum Gasteiger partial charge on any atom is 0.153 e. The van der Waals surface area contributed by atoms with Gasteiger partial charge in [-0.1, -0.05) is 0 Å². The molecule has 1 saturated heterocycles. The van der Waals surface area contributed by atoms with E-state index in [1.165, 1.54) is 6.26 Å². The molecule has 1 fully saturated rings. The van der Waals surface area contributed by atoms with Gasteiger partial charge in [-0.15, -0.1) is 0 Å². The Labute approximate surface area is 85.9 Å². The second-order valence-corrected chi connectivity index (χ2v) is 7.12. The molecular formula is C9H19NO3S. The van der Waals surface area contributed by atoms with E-state index < -0.39 is 14.6 Å². The highest BCUT2D eigenvalue weighted by atomic mass is 32.2. The molecule has 0 bridgehead atoms. The van der Waals surface area contributed by atoms with Crippen LogP contribution in [0.25, 0.3) is 0 Å². The van der Waals surface area contributed by atoms with Gasteiger partial charge in [-0.3, -0.25) is 0 Å². The third-order valence-corrected chi connectivity index (χ3v) is 4.90. The number of rotatable bonds is 4. The van der Waals surface area contributed by atoms with Crippen molar-refractivity contribution in [3.8, 4) is 0 Å². The minimum Gasteiger partial charge on any atom is -0.380 e. The first-order valence-electron chi connectivity index (χ1n) is 4.84. The highest BCUT2D eigenvalue weighted by Gasteiger charge is 2.31. The SMILES string of the molecule is CC(C)(CNC1CCOC1)S(C)(=O)=O. The lowest BCUT2D eigenvalue weighted by molar-refractivity contribution is 0.189. The van der Waals surface area contributed by atoms with Gasteiger partial charge >= 0.3 is 0 Å². The summed E-state index contributed by atoms with van der Waals surface area (Å²) in [6.07, 6.45) is 2.25. The molecule has 0 aliphatic carbocycles. The molecular weight excluding hydrogens is 202 g/mol. The molecule has 4 nitrogen and oxygen atoms in total. The summed E-state index contributed by atoms with van der Waals surface area (Å²) in [5.74, 6) is 0. The van der Waals surface area contributed by atoms with Crippen LogP contribution >= 0.6 is 0 Å². The van der Waals surface area contributed by atoms with Crippen LogP contribution in [0.3, 0.4) is 0 Å². The topological polar surface area (TPSA) is 55.4 Å². The Hall–Kier alpha value is -0.130. The molecule has 0 saturated carbocycles. The molecule has 0 amide bonds. The van der Waals surface area contributed by atoms with E-state index in [9.17, 15) is 8.42 Å². The Morgan fingerprint density at radius 1 is 1.50 bits per heavy atom. The summed E-state index contributed by atoms with van der Waals surface area (Å²) in [6.45, 7) is 5.44. The summed E-state index contributed by atoms with van der Waals surface area (Å²) in [6, 6.07) is 0.316. The van der Waals surface area contributed by atoms with Gasteiger partial charge in [0.05, 0.1) is 11.4 Å². The zero-order chi connectivity index (χ0) is 10.8. The molecule has 1 aliphatic heterocycles. The van der Waals surface area contributed by atoms with E-state index >= 15 is 0 Å². The molecule has 1 atom stereocenters. The van der Waals surface area contributed by atoms with Crippen LogP contribution in [-0.4, -0.2) is 45.2 Å². The van der Waals surface area contributed by atoms with Crippen LogP contribution in [-0.2, 0) is 14.6 Å². The lowest BCUT2D eigenvalue weighted by Crippen LogP contribution is -2.45. The van der Waals surface area contributed by atoms with E-state index in [2.05, 4.69) is 5.32 Å². The van der Waals surface area contributed by atoms with Gasteiger partial charge in [0.15, 0.2) is 9.84 Å². The molecule has 1 heterocycles. The van der Waals surface area contributed by atoms with Crippen molar-refractivity contribution in [3.05, 3.63) is 0 Å². The van der Waals surface area contributed by atoms with Crippen molar-refractivity contribution in [2.24, 2.45) is 0 Å². The summed E-state index contributed by atoms with van der Waals surface area (Å²) in [5, 5.41) is 3.22. The first kappa shape index (κ1) is 11.9. The maximum absolute atomic E-state index is 11.4. The molecule has 0 aromatic carbocycles. The fourth-order valence-electron chi connectivity index (χ4n) is 1.22. The van der Waals surface area contributed by atoms with Crippen molar-refractivity contribution in [1.82, 2.24) is 5.32 Å². The van der Waals surface area contributed by atoms with Crippen LogP contribution in [0.2, 0.25) is 0 Å². The third-order valence-electron chi connectivity index (χ3n) is 2.75. The van der Waals surface area contributed by atoms with Crippen LogP contribution in [0.15, 0.2) is 0 Å². The van der Waals surface area contributed by atoms with Crippen molar-refractivity contribution >= 4 is 9.84 Å². The zero-order valence-corrected chi connectivity index (χ0v) is 9.86. The standard InChI is InChI=1S/C9H19NO3S/c1-9(2,14(3,11)12)7-10-8-4-5-13-6-8/h8,10H,4-7H2,1-3H3. The quantitative estimate of drug-likeness (QED) is 0.736. The molecule has 1 N–H and O–H groups in total. The van der Waals surface area contributed by atoms with Crippen molar-refractivity contribution in [2.45, 2.75) is 31.1 Å². The predicted molar refractivity (Wildman–Crippen MR) is 56.1 cm³/mol. The van der Waals surface area contributed by atoms with Crippen molar-refractivity contribution in [1.29, 1.82) is 0 Å². The largest absolute Gasteiger partial charge is 0.380 e. The van der Waals surface area contributed by atoms with Crippen molar-refractivity contribution < 1.29 is 13.2 Å². The smallest absolute Gasteiger partial charge is 0.153 e. The average Bonchev–Trinajstić information content (AvgIpc) is 2.50. The van der Waals surface area contributed by atoms with E-state index in [1.54, 1.807) is 13.8 Å².